The molecule has 5 nitrogen and oxygen atoms in total. The van der Waals surface area contributed by atoms with Crippen molar-refractivity contribution in [1.82, 2.24) is 5.32 Å². The fourth-order valence-electron chi connectivity index (χ4n) is 2.02. The zero-order chi connectivity index (χ0) is 15.5. The second kappa shape index (κ2) is 6.64. The average Bonchev–Trinajstić information content (AvgIpc) is 2.75. The third kappa shape index (κ3) is 4.88. The summed E-state index contributed by atoms with van der Waals surface area (Å²) in [7, 11) is 0. The van der Waals surface area contributed by atoms with Crippen LogP contribution in [-0.2, 0) is 14.3 Å². The first-order valence-electron chi connectivity index (χ1n) is 6.87. The molecule has 1 saturated heterocycles. The number of carbonyl (C=O) groups excluding carboxylic acids is 1. The van der Waals surface area contributed by atoms with Crippen LogP contribution in [0, 0.1) is 0 Å². The van der Waals surface area contributed by atoms with Crippen LogP contribution in [0.4, 0.5) is 0 Å². The van der Waals surface area contributed by atoms with Gasteiger partial charge in [0.05, 0.1) is 6.61 Å². The van der Waals surface area contributed by atoms with Gasteiger partial charge in [0.1, 0.15) is 11.9 Å². The summed E-state index contributed by atoms with van der Waals surface area (Å²) < 4.78 is 16.6. The largest absolute Gasteiger partial charge is 0.481 e. The van der Waals surface area contributed by atoms with Crippen molar-refractivity contribution in [2.24, 2.45) is 0 Å². The first-order chi connectivity index (χ1) is 9.85. The number of benzene rings is 1. The fourth-order valence-corrected chi connectivity index (χ4v) is 2.20. The molecule has 1 aliphatic heterocycles. The molecule has 2 rings (SSSR count). The number of halogens is 1. The zero-order valence-corrected chi connectivity index (χ0v) is 13.1. The molecule has 0 aliphatic carbocycles. The molecule has 116 valence electrons. The van der Waals surface area contributed by atoms with Gasteiger partial charge in [-0.05, 0) is 39.0 Å². The lowest BCUT2D eigenvalue weighted by Gasteiger charge is -2.18. The molecule has 1 aliphatic rings. The van der Waals surface area contributed by atoms with Crippen LogP contribution in [0.1, 0.15) is 20.8 Å². The van der Waals surface area contributed by atoms with Crippen molar-refractivity contribution in [2.45, 2.75) is 38.8 Å². The Morgan fingerprint density at radius 3 is 2.95 bits per heavy atom. The van der Waals surface area contributed by atoms with E-state index in [9.17, 15) is 4.79 Å². The topological polar surface area (TPSA) is 56.8 Å². The Kier molecular flexibility index (Phi) is 5.08. The number of amides is 1. The normalized spacial score (nSPS) is 21.8. The summed E-state index contributed by atoms with van der Waals surface area (Å²) in [6.45, 7) is 6.24. The summed E-state index contributed by atoms with van der Waals surface area (Å²) in [6, 6.07) is 6.94. The van der Waals surface area contributed by atoms with E-state index in [-0.39, 0.29) is 12.0 Å². The van der Waals surface area contributed by atoms with Gasteiger partial charge in [0, 0.05) is 11.6 Å². The molecule has 1 heterocycles. The van der Waals surface area contributed by atoms with Gasteiger partial charge in [-0.3, -0.25) is 4.79 Å². The summed E-state index contributed by atoms with van der Waals surface area (Å²) in [5, 5.41) is 3.36. The molecule has 0 bridgehead atoms. The van der Waals surface area contributed by atoms with Gasteiger partial charge in [-0.1, -0.05) is 17.7 Å². The van der Waals surface area contributed by atoms with Crippen molar-refractivity contribution < 1.29 is 19.0 Å². The molecule has 6 heteroatoms. The smallest absolute Gasteiger partial charge is 0.260 e. The Labute approximate surface area is 129 Å². The highest BCUT2D eigenvalue weighted by atomic mass is 35.5. The van der Waals surface area contributed by atoms with Crippen molar-refractivity contribution in [3.63, 3.8) is 0 Å². The van der Waals surface area contributed by atoms with Gasteiger partial charge in [-0.15, -0.1) is 0 Å². The summed E-state index contributed by atoms with van der Waals surface area (Å²) in [5.74, 6) is -0.229. The number of nitrogens with one attached hydrogen (secondary N) is 1. The van der Waals surface area contributed by atoms with Gasteiger partial charge in [-0.2, -0.15) is 0 Å². The molecule has 0 radical (unpaired) electrons. The molecule has 0 spiro atoms. The summed E-state index contributed by atoms with van der Waals surface area (Å²) >= 11 is 5.87. The van der Waals surface area contributed by atoms with Crippen LogP contribution in [0.25, 0.3) is 0 Å². The number of carbonyl (C=O) groups is 1. The predicted octanol–water partition coefficient (Wildman–Crippen LogP) is 2.38. The van der Waals surface area contributed by atoms with E-state index >= 15 is 0 Å². The van der Waals surface area contributed by atoms with Crippen LogP contribution in [0.3, 0.4) is 0 Å². The Morgan fingerprint density at radius 1 is 1.57 bits per heavy atom. The first-order valence-corrected chi connectivity index (χ1v) is 7.25. The monoisotopic (exact) mass is 313 g/mol. The maximum absolute atomic E-state index is 12.0. The minimum absolute atomic E-state index is 0.137. The summed E-state index contributed by atoms with van der Waals surface area (Å²) in [6.07, 6.45) is -0.749. The Bertz CT molecular complexity index is 506. The van der Waals surface area contributed by atoms with Crippen molar-refractivity contribution in [1.29, 1.82) is 0 Å². The second-order valence-corrected chi connectivity index (χ2v) is 5.85. The number of ether oxygens (including phenoxy) is 3. The SMILES string of the molecule is C[C@@H](Oc1cccc(Cl)c1)C(=O)NC[C@@H]1COC(C)(C)O1. The molecule has 21 heavy (non-hydrogen) atoms. The maximum atomic E-state index is 12.0. The van der Waals surface area contributed by atoms with Gasteiger partial charge < -0.3 is 19.5 Å². The standard InChI is InChI=1S/C15H20ClNO4/c1-10(20-12-6-4-5-11(16)7-12)14(18)17-8-13-9-19-15(2,3)21-13/h4-7,10,13H,8-9H2,1-3H3,(H,17,18)/t10-,13-/m1/s1. The van der Waals surface area contributed by atoms with Crippen molar-refractivity contribution in [3.05, 3.63) is 29.3 Å². The van der Waals surface area contributed by atoms with Gasteiger partial charge in [0.15, 0.2) is 11.9 Å². The maximum Gasteiger partial charge on any atom is 0.260 e. The molecule has 1 aromatic carbocycles. The van der Waals surface area contributed by atoms with Gasteiger partial charge in [0.2, 0.25) is 0 Å². The molecular weight excluding hydrogens is 294 g/mol. The van der Waals surface area contributed by atoms with Crippen molar-refractivity contribution in [3.8, 4) is 5.75 Å². The molecule has 2 atom stereocenters. The van der Waals surface area contributed by atoms with E-state index in [0.717, 1.165) is 0 Å². The highest BCUT2D eigenvalue weighted by Gasteiger charge is 2.32. The van der Waals surface area contributed by atoms with E-state index in [1.54, 1.807) is 31.2 Å². The first kappa shape index (κ1) is 16.1. The average molecular weight is 314 g/mol. The second-order valence-electron chi connectivity index (χ2n) is 5.41. The van der Waals surface area contributed by atoms with Crippen molar-refractivity contribution in [2.75, 3.05) is 13.2 Å². The minimum Gasteiger partial charge on any atom is -0.481 e. The van der Waals surface area contributed by atoms with Crippen LogP contribution in [0.15, 0.2) is 24.3 Å². The fraction of sp³-hybridized carbons (Fsp3) is 0.533. The van der Waals surface area contributed by atoms with E-state index in [4.69, 9.17) is 25.8 Å². The van der Waals surface area contributed by atoms with E-state index in [2.05, 4.69) is 5.32 Å². The van der Waals surface area contributed by atoms with Crippen molar-refractivity contribution >= 4 is 17.5 Å². The highest BCUT2D eigenvalue weighted by molar-refractivity contribution is 6.30. The molecule has 0 unspecified atom stereocenters. The van der Waals surface area contributed by atoms with Gasteiger partial charge in [-0.25, -0.2) is 0 Å². The predicted molar refractivity (Wildman–Crippen MR) is 79.5 cm³/mol. The van der Waals surface area contributed by atoms with Crippen LogP contribution in [0.2, 0.25) is 5.02 Å². The lowest BCUT2D eigenvalue weighted by atomic mass is 10.3. The third-order valence-electron chi connectivity index (χ3n) is 3.05. The Balaban J connectivity index is 1.78. The van der Waals surface area contributed by atoms with Crippen LogP contribution < -0.4 is 10.1 Å². The molecule has 1 amide bonds. The lowest BCUT2D eigenvalue weighted by molar-refractivity contribution is -0.140. The van der Waals surface area contributed by atoms with E-state index in [0.29, 0.717) is 23.9 Å². The minimum atomic E-state index is -0.612. The molecule has 1 fully saturated rings. The molecular formula is C15H20ClNO4. The van der Waals surface area contributed by atoms with Crippen LogP contribution in [0.5, 0.6) is 5.75 Å². The summed E-state index contributed by atoms with van der Waals surface area (Å²) in [5.41, 5.74) is 0. The van der Waals surface area contributed by atoms with Gasteiger partial charge in [0.25, 0.3) is 5.91 Å². The third-order valence-corrected chi connectivity index (χ3v) is 3.28. The zero-order valence-electron chi connectivity index (χ0n) is 12.4. The Hall–Kier alpha value is -1.30. The molecule has 1 N–H and O–H groups in total. The number of rotatable bonds is 5. The quantitative estimate of drug-likeness (QED) is 0.907. The summed E-state index contributed by atoms with van der Waals surface area (Å²) in [4.78, 5) is 12.0. The van der Waals surface area contributed by atoms with Crippen LogP contribution >= 0.6 is 11.6 Å². The van der Waals surface area contributed by atoms with E-state index in [1.165, 1.54) is 0 Å². The number of hydrogen-bond donors (Lipinski definition) is 1. The van der Waals surface area contributed by atoms with E-state index < -0.39 is 11.9 Å². The Morgan fingerprint density at radius 2 is 2.33 bits per heavy atom. The molecule has 1 aromatic rings. The highest BCUT2D eigenvalue weighted by Crippen LogP contribution is 2.22. The van der Waals surface area contributed by atoms with Crippen LogP contribution in [-0.4, -0.2) is 37.1 Å². The van der Waals surface area contributed by atoms with Gasteiger partial charge >= 0.3 is 0 Å². The van der Waals surface area contributed by atoms with E-state index in [1.807, 2.05) is 13.8 Å². The molecule has 0 aromatic heterocycles. The number of hydrogen-bond acceptors (Lipinski definition) is 4. The lowest BCUT2D eigenvalue weighted by Crippen LogP contribution is -2.41. The molecule has 0 saturated carbocycles.